The van der Waals surface area contributed by atoms with Gasteiger partial charge in [0, 0.05) is 5.57 Å². The van der Waals surface area contributed by atoms with Crippen molar-refractivity contribution in [1.82, 2.24) is 0 Å². The van der Waals surface area contributed by atoms with E-state index in [0.717, 1.165) is 5.57 Å². The summed E-state index contributed by atoms with van der Waals surface area (Å²) in [7, 11) is 0. The Labute approximate surface area is 667 Å². The van der Waals surface area contributed by atoms with E-state index in [1.54, 1.807) is 6.92 Å². The van der Waals surface area contributed by atoms with E-state index >= 15 is 4.79 Å². The minimum atomic E-state index is -2.14. The molecule has 11 fully saturated rings. The first-order valence-electron chi connectivity index (χ1n) is 40.5. The summed E-state index contributed by atoms with van der Waals surface area (Å²) < 4.78 is 90.3. The Balaban J connectivity index is 0.781. The van der Waals surface area contributed by atoms with Crippen molar-refractivity contribution in [2.45, 2.75) is 361 Å². The van der Waals surface area contributed by atoms with Gasteiger partial charge in [-0.3, -0.25) is 4.79 Å². The number of allylic oxidation sites excluding steroid dienone is 3. The van der Waals surface area contributed by atoms with Gasteiger partial charge in [0.1, 0.15) is 134 Å². The van der Waals surface area contributed by atoms with Crippen LogP contribution in [0, 0.1) is 50.2 Å². The molecule has 0 aromatic rings. The average Bonchev–Trinajstić information content (AvgIpc) is 0.670. The fourth-order valence-electron chi connectivity index (χ4n) is 21.0. The van der Waals surface area contributed by atoms with Gasteiger partial charge < -0.3 is 168 Å². The molecule has 7 heterocycles. The van der Waals surface area contributed by atoms with Crippen LogP contribution in [0.4, 0.5) is 0 Å². The number of carbonyl (C=O) groups is 2. The van der Waals surface area contributed by atoms with Crippen LogP contribution in [0.5, 0.6) is 0 Å². The van der Waals surface area contributed by atoms with E-state index in [-0.39, 0.29) is 43.1 Å². The molecule has 7 aliphatic heterocycles. The Kier molecular flexibility index (Phi) is 27.6. The zero-order valence-corrected chi connectivity index (χ0v) is 67.1. The van der Waals surface area contributed by atoms with Crippen LogP contribution < -0.4 is 0 Å². The van der Waals surface area contributed by atoms with E-state index in [2.05, 4.69) is 61.1 Å². The van der Waals surface area contributed by atoms with Gasteiger partial charge in [-0.25, -0.2) is 4.79 Å². The lowest BCUT2D eigenvalue weighted by Gasteiger charge is -2.71. The van der Waals surface area contributed by atoms with E-state index in [0.29, 0.717) is 44.9 Å². The molecule has 0 aromatic carbocycles. The van der Waals surface area contributed by atoms with Crippen LogP contribution in [0.15, 0.2) is 36.0 Å². The van der Waals surface area contributed by atoms with E-state index in [1.165, 1.54) is 32.9 Å². The van der Waals surface area contributed by atoms with Crippen molar-refractivity contribution in [3.63, 3.8) is 0 Å². The second kappa shape index (κ2) is 34.9. The zero-order valence-electron chi connectivity index (χ0n) is 67.1. The maximum Gasteiger partial charge on any atom is 0.333 e. The molecule has 0 amide bonds. The maximum absolute atomic E-state index is 16.2. The Morgan fingerprint density at radius 1 is 0.522 bits per heavy atom. The topological polar surface area (TPSA) is 557 Å². The number of esters is 2. The van der Waals surface area contributed by atoms with Crippen molar-refractivity contribution in [1.29, 1.82) is 0 Å². The van der Waals surface area contributed by atoms with Gasteiger partial charge in [0.2, 0.25) is 6.29 Å². The van der Waals surface area contributed by atoms with Crippen LogP contribution in [0.25, 0.3) is 0 Å². The maximum atomic E-state index is 16.2. The third kappa shape index (κ3) is 17.1. The first-order valence-corrected chi connectivity index (χ1v) is 40.5. The Bertz CT molecular complexity index is 3400. The number of hydrogen-bond donors (Lipinski definition) is 19. The summed E-state index contributed by atoms with van der Waals surface area (Å²) in [5.74, 6) is -2.68. The van der Waals surface area contributed by atoms with Gasteiger partial charge in [-0.05, 0) is 143 Å². The summed E-state index contributed by atoms with van der Waals surface area (Å²) >= 11 is 0. The normalized spacial score (nSPS) is 51.2. The highest BCUT2D eigenvalue weighted by Gasteiger charge is 2.73. The second-order valence-corrected chi connectivity index (χ2v) is 36.9. The molecule has 0 radical (unpaired) electrons. The van der Waals surface area contributed by atoms with Gasteiger partial charge in [-0.15, -0.1) is 6.58 Å². The molecule has 0 bridgehead atoms. The molecule has 19 N–H and O–H groups in total. The molecule has 12 aliphatic rings. The molecule has 12 rings (SSSR count). The van der Waals surface area contributed by atoms with Crippen molar-refractivity contribution in [3.8, 4) is 0 Å². The zero-order chi connectivity index (χ0) is 84.2. The van der Waals surface area contributed by atoms with Gasteiger partial charge in [-0.2, -0.15) is 0 Å². The average molecular weight is 1650 g/mol. The van der Waals surface area contributed by atoms with E-state index < -0.39 is 298 Å². The van der Waals surface area contributed by atoms with E-state index in [4.69, 9.17) is 71.1 Å². The molecule has 42 atom stereocenters. The number of fused-ring (bicyclic) bond motifs is 7. The third-order valence-electron chi connectivity index (χ3n) is 28.6. The highest BCUT2D eigenvalue weighted by atomic mass is 16.8. The fraction of sp³-hybridized carbons (Fsp3) is 0.899. The minimum Gasteiger partial charge on any atom is -0.451 e. The largest absolute Gasteiger partial charge is 0.451 e. The monoisotopic (exact) mass is 1650 g/mol. The van der Waals surface area contributed by atoms with Crippen molar-refractivity contribution in [2.24, 2.45) is 50.2 Å². The second-order valence-electron chi connectivity index (χ2n) is 36.9. The number of rotatable bonds is 22. The SMILES string of the molecule is C=C[C@@](C)(O)CC/C=C(\C)C(=O)O[C@H]1[C@H](OC[C@H]2O[C@@H](OC(=O)[C@]34CCC(C)(C)C[C@H]3C3=CC[C@@H]5[C@@]6(C)CC[C@H](O[C@@H]7O[C@H](CO[C@@H]8OC[C@H](O)[C@H](O)[C@H]8O[C@@H]8OC[C@@H](O)[C@H](O)[C@H]8O)[C@@H](O)[C@H](O)[C@H]7O)C(C)(C)[C@@H]6CC[C@@]5(C)[C@]3(C)C[C@H]4O)[C@H](O[C@@H]3O[C@@H](C)[C@H](O[C@@H]4OC[C@@H](O)[C@H](O)[C@H]4O)[C@@H](O)[C@H]3O)[C@@H](O)[C@@H]2O)O[C@@H](C)[C@H](O)[C@H]1O. The number of aliphatic hydroxyl groups excluding tert-OH is 18. The highest BCUT2D eigenvalue weighted by molar-refractivity contribution is 5.88. The smallest absolute Gasteiger partial charge is 0.333 e. The molecule has 36 nitrogen and oxygen atoms in total. The first kappa shape index (κ1) is 91.1. The van der Waals surface area contributed by atoms with Crippen LogP contribution in [0.1, 0.15) is 147 Å². The highest BCUT2D eigenvalue weighted by Crippen LogP contribution is 2.76. The van der Waals surface area contributed by atoms with Gasteiger partial charge in [0.15, 0.2) is 49.9 Å². The van der Waals surface area contributed by atoms with Crippen LogP contribution in [-0.2, 0) is 80.6 Å². The molecule has 0 aromatic heterocycles. The molecule has 115 heavy (non-hydrogen) atoms. The lowest BCUT2D eigenvalue weighted by Crippen LogP contribution is -2.69. The van der Waals surface area contributed by atoms with Crippen LogP contribution >= 0.6 is 0 Å². The van der Waals surface area contributed by atoms with Crippen molar-refractivity contribution in [3.05, 3.63) is 36.0 Å². The van der Waals surface area contributed by atoms with Crippen LogP contribution in [0.3, 0.4) is 0 Å². The molecular weight excluding hydrogens is 1520 g/mol. The van der Waals surface area contributed by atoms with Gasteiger partial charge in [-0.1, -0.05) is 72.3 Å². The summed E-state index contributed by atoms with van der Waals surface area (Å²) in [4.78, 5) is 29.8. The molecule has 658 valence electrons. The number of carbonyl (C=O) groups excluding carboxylic acids is 2. The van der Waals surface area contributed by atoms with Crippen molar-refractivity contribution < 1.29 is 178 Å². The summed E-state index contributed by atoms with van der Waals surface area (Å²) in [6.45, 7) is 21.9. The van der Waals surface area contributed by atoms with Crippen LogP contribution in [0.2, 0.25) is 0 Å². The lowest BCUT2D eigenvalue weighted by molar-refractivity contribution is -0.377. The van der Waals surface area contributed by atoms with Crippen molar-refractivity contribution >= 4 is 11.9 Å². The number of ether oxygens (including phenoxy) is 15. The van der Waals surface area contributed by atoms with Gasteiger partial charge in [0.05, 0.1) is 63.1 Å². The summed E-state index contributed by atoms with van der Waals surface area (Å²) in [5.41, 5.74) is -4.74. The molecule has 5 aliphatic carbocycles. The third-order valence-corrected chi connectivity index (χ3v) is 28.6. The summed E-state index contributed by atoms with van der Waals surface area (Å²) in [6, 6.07) is 0. The summed E-state index contributed by atoms with van der Waals surface area (Å²) in [5, 5.41) is 212. The van der Waals surface area contributed by atoms with E-state index in [1.807, 2.05) is 0 Å². The fourth-order valence-corrected chi connectivity index (χ4v) is 21.0. The van der Waals surface area contributed by atoms with E-state index in [9.17, 15) is 102 Å². The Morgan fingerprint density at radius 3 is 1.66 bits per heavy atom. The number of aliphatic hydroxyl groups is 19. The van der Waals surface area contributed by atoms with Gasteiger partial charge >= 0.3 is 11.9 Å². The molecule has 4 saturated carbocycles. The van der Waals surface area contributed by atoms with Crippen LogP contribution in [-0.4, -0.2) is 356 Å². The molecule has 36 heteroatoms. The van der Waals surface area contributed by atoms with Crippen molar-refractivity contribution in [2.75, 3.05) is 33.0 Å². The quantitative estimate of drug-likeness (QED) is 0.0217. The minimum absolute atomic E-state index is 0.0314. The molecule has 0 spiro atoms. The molecule has 7 saturated heterocycles. The predicted octanol–water partition coefficient (Wildman–Crippen LogP) is -3.41. The summed E-state index contributed by atoms with van der Waals surface area (Å²) in [6.07, 6.45) is -46.8. The lowest BCUT2D eigenvalue weighted by atomic mass is 9.33. The Morgan fingerprint density at radius 2 is 1.03 bits per heavy atom. The predicted molar refractivity (Wildman–Crippen MR) is 389 cm³/mol. The standard InChI is InChI=1S/C79H126O36/c1-13-75(9,100)20-14-15-32(2)64(98)111-62-53(91)46(84)33(3)106-70(62)105-31-41-51(89)54(92)63(114-67-59(97)55(93)60(34(4)107-67)112-65-56(94)47(85)37(80)27-101-65)71(109-41)115-72(99)79-24-23-73(5,6)25-36(79)35-16-17-43-76(10)21-19-45(74(7,8)42(76)18-22-77(43,11)78(35,12)26-44(79)83)110-68-58(96)52(90)50(88)40(108-68)30-104-69-61(49(87)39(82)29-103-69)113-66-57(95)48(86)38(81)28-102-66/h13,15-16,33-34,36-63,65-71,80-97,100H,1,14,17-31H2,2-12H3/b32-15+/t33-,34-,36-,37+,38+,39-,40+,41+,42-,43+,44+,45-,46-,47-,48-,49-,50+,51+,52-,53+,54-,55-,56+,57+,58+,59+,60-,61+,62+,63+,65-,66-,67-,68-,69-,70+,71-,75+,76-,77+,78+,79+/m0/s1. The first-order chi connectivity index (χ1) is 53.8. The Hall–Kier alpha value is -3.12. The molecular formula is C79H126O36. The number of hydrogen-bond acceptors (Lipinski definition) is 36. The van der Waals surface area contributed by atoms with Gasteiger partial charge in [0.25, 0.3) is 0 Å². The molecule has 0 unspecified atom stereocenters.